The first-order valence-corrected chi connectivity index (χ1v) is 10.7. The monoisotopic (exact) mass is 444 g/mol. The summed E-state index contributed by atoms with van der Waals surface area (Å²) in [4.78, 5) is 28.1. The number of halogens is 1. The minimum atomic E-state index is -0.381. The van der Waals surface area contributed by atoms with Crippen LogP contribution in [0.2, 0.25) is 0 Å². The van der Waals surface area contributed by atoms with E-state index < -0.39 is 0 Å². The molecule has 4 rings (SSSR count). The standard InChI is InChI=1S/C27H25FN2O3/c1-17-4-5-18(2)23(16-17)29-25-24(20-8-12-22(33-3)13-9-20)26(31)30(27(25)32)15-14-19-6-10-21(28)11-7-19/h4-13,16,29H,14-15H2,1-3H3. The molecule has 1 aliphatic heterocycles. The summed E-state index contributed by atoms with van der Waals surface area (Å²) in [5.41, 5.74) is 4.83. The van der Waals surface area contributed by atoms with Gasteiger partial charge in [0.2, 0.25) is 0 Å². The van der Waals surface area contributed by atoms with Crippen molar-refractivity contribution in [2.45, 2.75) is 20.3 Å². The lowest BCUT2D eigenvalue weighted by Gasteiger charge is -2.16. The van der Waals surface area contributed by atoms with Gasteiger partial charge in [-0.3, -0.25) is 14.5 Å². The summed E-state index contributed by atoms with van der Waals surface area (Å²) in [6.45, 7) is 4.11. The third-order valence-electron chi connectivity index (χ3n) is 5.74. The number of ether oxygens (including phenoxy) is 1. The maximum absolute atomic E-state index is 13.4. The van der Waals surface area contributed by atoms with Gasteiger partial charge in [-0.1, -0.05) is 36.4 Å². The molecule has 3 aromatic rings. The fourth-order valence-corrected chi connectivity index (χ4v) is 3.82. The maximum Gasteiger partial charge on any atom is 0.278 e. The molecule has 0 atom stereocenters. The van der Waals surface area contributed by atoms with E-state index in [9.17, 15) is 14.0 Å². The number of carbonyl (C=O) groups is 2. The second-order valence-corrected chi connectivity index (χ2v) is 8.06. The van der Waals surface area contributed by atoms with Crippen LogP contribution in [-0.4, -0.2) is 30.4 Å². The number of carbonyl (C=O) groups excluding carboxylic acids is 2. The highest BCUT2D eigenvalue weighted by molar-refractivity contribution is 6.36. The normalized spacial score (nSPS) is 13.6. The molecule has 6 heteroatoms. The fourth-order valence-electron chi connectivity index (χ4n) is 3.82. The summed E-state index contributed by atoms with van der Waals surface area (Å²) in [5.74, 6) is -0.405. The SMILES string of the molecule is COc1ccc(C2=C(Nc3cc(C)ccc3C)C(=O)N(CCc3ccc(F)cc3)C2=O)cc1. The third-order valence-corrected chi connectivity index (χ3v) is 5.74. The molecule has 0 aromatic heterocycles. The minimum Gasteiger partial charge on any atom is -0.497 e. The van der Waals surface area contributed by atoms with Crippen LogP contribution in [0.5, 0.6) is 5.75 Å². The van der Waals surface area contributed by atoms with Gasteiger partial charge in [0.05, 0.1) is 12.7 Å². The topological polar surface area (TPSA) is 58.6 Å². The zero-order chi connectivity index (χ0) is 23.5. The predicted octanol–water partition coefficient (Wildman–Crippen LogP) is 4.89. The van der Waals surface area contributed by atoms with Crippen molar-refractivity contribution < 1.29 is 18.7 Å². The molecule has 0 bridgehead atoms. The highest BCUT2D eigenvalue weighted by Crippen LogP contribution is 2.32. The fraction of sp³-hybridized carbons (Fsp3) is 0.185. The lowest BCUT2D eigenvalue weighted by molar-refractivity contribution is -0.136. The van der Waals surface area contributed by atoms with E-state index in [4.69, 9.17) is 4.74 Å². The van der Waals surface area contributed by atoms with Gasteiger partial charge in [0.1, 0.15) is 17.3 Å². The predicted molar refractivity (Wildman–Crippen MR) is 126 cm³/mol. The molecular formula is C27H25FN2O3. The van der Waals surface area contributed by atoms with Crippen LogP contribution in [0.1, 0.15) is 22.3 Å². The van der Waals surface area contributed by atoms with Crippen LogP contribution in [0, 0.1) is 19.7 Å². The molecule has 1 N–H and O–H groups in total. The number of hydrogen-bond acceptors (Lipinski definition) is 4. The Balaban J connectivity index is 1.68. The Kier molecular flexibility index (Phi) is 6.27. The minimum absolute atomic E-state index is 0.195. The van der Waals surface area contributed by atoms with Gasteiger partial charge in [-0.15, -0.1) is 0 Å². The van der Waals surface area contributed by atoms with Crippen molar-refractivity contribution in [3.05, 3.63) is 100 Å². The lowest BCUT2D eigenvalue weighted by Crippen LogP contribution is -2.34. The van der Waals surface area contributed by atoms with E-state index in [0.29, 0.717) is 23.3 Å². The molecule has 0 fully saturated rings. The molecule has 168 valence electrons. The molecule has 1 aliphatic rings. The van der Waals surface area contributed by atoms with Crippen LogP contribution in [0.4, 0.5) is 10.1 Å². The van der Waals surface area contributed by atoms with Crippen molar-refractivity contribution in [2.24, 2.45) is 0 Å². The van der Waals surface area contributed by atoms with Crippen molar-refractivity contribution in [1.29, 1.82) is 0 Å². The van der Waals surface area contributed by atoms with Gasteiger partial charge < -0.3 is 10.1 Å². The lowest BCUT2D eigenvalue weighted by atomic mass is 10.0. The van der Waals surface area contributed by atoms with Gasteiger partial charge in [-0.25, -0.2) is 4.39 Å². The van der Waals surface area contributed by atoms with Crippen LogP contribution in [0.15, 0.2) is 72.4 Å². The Labute approximate surface area is 192 Å². The highest BCUT2D eigenvalue weighted by atomic mass is 19.1. The van der Waals surface area contributed by atoms with Gasteiger partial charge in [0.25, 0.3) is 11.8 Å². The summed E-state index contributed by atoms with van der Waals surface area (Å²) in [6, 6.07) is 19.0. The number of imide groups is 1. The average molecular weight is 445 g/mol. The molecule has 0 saturated heterocycles. The van der Waals surface area contributed by atoms with Gasteiger partial charge in [0.15, 0.2) is 0 Å². The first-order valence-electron chi connectivity index (χ1n) is 10.7. The molecular weight excluding hydrogens is 419 g/mol. The maximum atomic E-state index is 13.4. The smallest absolute Gasteiger partial charge is 0.278 e. The number of nitrogens with zero attached hydrogens (tertiary/aromatic N) is 1. The van der Waals surface area contributed by atoms with Crippen LogP contribution in [0.3, 0.4) is 0 Å². The first kappa shape index (κ1) is 22.3. The van der Waals surface area contributed by atoms with Crippen molar-refractivity contribution in [3.8, 4) is 5.75 Å². The number of amides is 2. The van der Waals surface area contributed by atoms with E-state index in [1.54, 1.807) is 43.5 Å². The molecule has 33 heavy (non-hydrogen) atoms. The summed E-state index contributed by atoms with van der Waals surface area (Å²) in [7, 11) is 1.57. The second kappa shape index (κ2) is 9.28. The molecule has 0 aliphatic carbocycles. The largest absolute Gasteiger partial charge is 0.497 e. The highest BCUT2D eigenvalue weighted by Gasteiger charge is 2.39. The Morgan fingerprint density at radius 2 is 1.61 bits per heavy atom. The average Bonchev–Trinajstić information content (AvgIpc) is 3.05. The number of rotatable bonds is 7. The molecule has 0 unspecified atom stereocenters. The van der Waals surface area contributed by atoms with E-state index in [0.717, 1.165) is 22.4 Å². The number of methoxy groups -OCH3 is 1. The number of benzene rings is 3. The van der Waals surface area contributed by atoms with Crippen LogP contribution >= 0.6 is 0 Å². The van der Waals surface area contributed by atoms with Crippen molar-refractivity contribution in [3.63, 3.8) is 0 Å². The Bertz CT molecular complexity index is 1230. The van der Waals surface area contributed by atoms with Gasteiger partial charge >= 0.3 is 0 Å². The van der Waals surface area contributed by atoms with Gasteiger partial charge in [-0.05, 0) is 72.9 Å². The summed E-state index contributed by atoms with van der Waals surface area (Å²) < 4.78 is 18.4. The molecule has 3 aromatic carbocycles. The van der Waals surface area contributed by atoms with E-state index >= 15 is 0 Å². The van der Waals surface area contributed by atoms with E-state index in [1.165, 1.54) is 17.0 Å². The zero-order valence-corrected chi connectivity index (χ0v) is 18.8. The molecule has 0 radical (unpaired) electrons. The molecule has 2 amide bonds. The Hall–Kier alpha value is -3.93. The molecule has 1 heterocycles. The number of aryl methyl sites for hydroxylation is 2. The zero-order valence-electron chi connectivity index (χ0n) is 18.8. The van der Waals surface area contributed by atoms with Crippen LogP contribution < -0.4 is 10.1 Å². The summed E-state index contributed by atoms with van der Waals surface area (Å²) >= 11 is 0. The Morgan fingerprint density at radius 1 is 0.909 bits per heavy atom. The molecule has 0 saturated carbocycles. The van der Waals surface area contributed by atoms with Crippen LogP contribution in [0.25, 0.3) is 5.57 Å². The van der Waals surface area contributed by atoms with Crippen molar-refractivity contribution in [1.82, 2.24) is 4.90 Å². The van der Waals surface area contributed by atoms with Gasteiger partial charge in [0, 0.05) is 12.2 Å². The van der Waals surface area contributed by atoms with E-state index in [2.05, 4.69) is 5.32 Å². The van der Waals surface area contributed by atoms with Crippen molar-refractivity contribution in [2.75, 3.05) is 19.0 Å². The van der Waals surface area contributed by atoms with Crippen LogP contribution in [-0.2, 0) is 16.0 Å². The molecule has 0 spiro atoms. The van der Waals surface area contributed by atoms with Crippen molar-refractivity contribution >= 4 is 23.1 Å². The quantitative estimate of drug-likeness (QED) is 0.528. The number of anilines is 1. The molecule has 5 nitrogen and oxygen atoms in total. The summed E-state index contributed by atoms with van der Waals surface area (Å²) in [5, 5.41) is 3.23. The Morgan fingerprint density at radius 3 is 2.27 bits per heavy atom. The number of nitrogens with one attached hydrogen (secondary N) is 1. The van der Waals surface area contributed by atoms with E-state index in [1.807, 2.05) is 32.0 Å². The second-order valence-electron chi connectivity index (χ2n) is 8.06. The van der Waals surface area contributed by atoms with Gasteiger partial charge in [-0.2, -0.15) is 0 Å². The third kappa shape index (κ3) is 4.65. The van der Waals surface area contributed by atoms with E-state index in [-0.39, 0.29) is 29.9 Å². The number of hydrogen-bond donors (Lipinski definition) is 1. The first-order chi connectivity index (χ1) is 15.9. The summed E-state index contributed by atoms with van der Waals surface area (Å²) in [6.07, 6.45) is 0.435.